The first-order valence-corrected chi connectivity index (χ1v) is 5.59. The van der Waals surface area contributed by atoms with Crippen LogP contribution >= 0.6 is 0 Å². The fourth-order valence-electron chi connectivity index (χ4n) is 1.36. The van der Waals surface area contributed by atoms with Gasteiger partial charge in [-0.3, -0.25) is 4.79 Å². The van der Waals surface area contributed by atoms with Crippen LogP contribution in [0.1, 0.15) is 39.0 Å². The maximum absolute atomic E-state index is 11.6. The van der Waals surface area contributed by atoms with Crippen LogP contribution in [0.5, 0.6) is 0 Å². The Morgan fingerprint density at radius 1 is 1.50 bits per heavy atom. The van der Waals surface area contributed by atoms with Crippen LogP contribution in [0.3, 0.4) is 0 Å². The first-order valence-electron chi connectivity index (χ1n) is 5.59. The summed E-state index contributed by atoms with van der Waals surface area (Å²) in [6, 6.07) is 2.71. The fraction of sp³-hybridized carbons (Fsp3) is 0.500. The Kier molecular flexibility index (Phi) is 4.36. The fourth-order valence-corrected chi connectivity index (χ4v) is 1.36. The van der Waals surface area contributed by atoms with Crippen molar-refractivity contribution in [1.82, 2.24) is 5.32 Å². The first kappa shape index (κ1) is 14.1. The third-order valence-corrected chi connectivity index (χ3v) is 1.98. The summed E-state index contributed by atoms with van der Waals surface area (Å²) in [4.78, 5) is 22.6. The van der Waals surface area contributed by atoms with Gasteiger partial charge in [0.25, 0.3) is 0 Å². The molecular formula is C12H18N2O4. The number of amides is 2. The third kappa shape index (κ3) is 4.90. The van der Waals surface area contributed by atoms with Crippen molar-refractivity contribution < 1.29 is 18.7 Å². The summed E-state index contributed by atoms with van der Waals surface area (Å²) in [5, 5.41) is 2.55. The number of rotatable bonds is 4. The summed E-state index contributed by atoms with van der Waals surface area (Å²) in [7, 11) is 0. The lowest BCUT2D eigenvalue weighted by Crippen LogP contribution is -2.36. The maximum atomic E-state index is 11.6. The number of furan rings is 1. The summed E-state index contributed by atoms with van der Waals surface area (Å²) in [6.45, 7) is 5.26. The molecule has 18 heavy (non-hydrogen) atoms. The summed E-state index contributed by atoms with van der Waals surface area (Å²) < 4.78 is 10.3. The number of carbonyl (C=O) groups is 2. The second kappa shape index (κ2) is 5.57. The molecule has 0 radical (unpaired) electrons. The van der Waals surface area contributed by atoms with Gasteiger partial charge in [-0.25, -0.2) is 4.79 Å². The summed E-state index contributed by atoms with van der Waals surface area (Å²) >= 11 is 0. The summed E-state index contributed by atoms with van der Waals surface area (Å²) in [5.74, 6) is -0.0767. The molecule has 1 atom stereocenters. The Bertz CT molecular complexity index is 406. The highest BCUT2D eigenvalue weighted by Gasteiger charge is 2.23. The molecule has 1 unspecified atom stereocenters. The van der Waals surface area contributed by atoms with Gasteiger partial charge in [0, 0.05) is 0 Å². The molecule has 0 aliphatic heterocycles. The van der Waals surface area contributed by atoms with Gasteiger partial charge in [-0.15, -0.1) is 0 Å². The van der Waals surface area contributed by atoms with Crippen LogP contribution < -0.4 is 11.1 Å². The molecule has 0 aliphatic rings. The van der Waals surface area contributed by atoms with Crippen molar-refractivity contribution in [2.24, 2.45) is 5.73 Å². The molecule has 6 nitrogen and oxygen atoms in total. The summed E-state index contributed by atoms with van der Waals surface area (Å²) in [6.07, 6.45) is 0.789. The van der Waals surface area contributed by atoms with Crippen molar-refractivity contribution in [3.05, 3.63) is 24.2 Å². The van der Waals surface area contributed by atoms with Gasteiger partial charge < -0.3 is 20.2 Å². The topological polar surface area (TPSA) is 94.6 Å². The van der Waals surface area contributed by atoms with Crippen LogP contribution in [0.4, 0.5) is 4.79 Å². The largest absolute Gasteiger partial charge is 0.467 e. The zero-order chi connectivity index (χ0) is 13.8. The van der Waals surface area contributed by atoms with E-state index in [9.17, 15) is 9.59 Å². The van der Waals surface area contributed by atoms with Crippen LogP contribution in [-0.4, -0.2) is 17.6 Å². The average molecular weight is 254 g/mol. The van der Waals surface area contributed by atoms with Gasteiger partial charge in [0.05, 0.1) is 18.7 Å². The molecule has 0 saturated carbocycles. The van der Waals surface area contributed by atoms with Gasteiger partial charge in [0.15, 0.2) is 0 Å². The number of hydrogen-bond acceptors (Lipinski definition) is 4. The van der Waals surface area contributed by atoms with Crippen LogP contribution in [0.2, 0.25) is 0 Å². The molecule has 1 rings (SSSR count). The predicted molar refractivity (Wildman–Crippen MR) is 64.6 cm³/mol. The van der Waals surface area contributed by atoms with E-state index in [0.717, 1.165) is 0 Å². The standard InChI is InChI=1S/C12H18N2O4/c1-12(2,3)18-11(16)14-8(7-10(13)15)9-5-4-6-17-9/h4-6,8H,7H2,1-3H3,(H2,13,15)(H,14,16). The monoisotopic (exact) mass is 254 g/mol. The number of primary amides is 1. The molecule has 1 aromatic rings. The molecule has 1 heterocycles. The molecule has 0 fully saturated rings. The van der Waals surface area contributed by atoms with E-state index in [0.29, 0.717) is 5.76 Å². The SMILES string of the molecule is CC(C)(C)OC(=O)NC(CC(N)=O)c1ccco1. The maximum Gasteiger partial charge on any atom is 0.408 e. The molecule has 0 bridgehead atoms. The van der Waals surface area contributed by atoms with E-state index in [1.807, 2.05) is 0 Å². The molecule has 0 aromatic carbocycles. The van der Waals surface area contributed by atoms with E-state index in [2.05, 4.69) is 5.32 Å². The molecule has 6 heteroatoms. The van der Waals surface area contributed by atoms with E-state index in [-0.39, 0.29) is 6.42 Å². The van der Waals surface area contributed by atoms with Crippen LogP contribution in [0.25, 0.3) is 0 Å². The van der Waals surface area contributed by atoms with E-state index >= 15 is 0 Å². The summed E-state index contributed by atoms with van der Waals surface area (Å²) in [5.41, 5.74) is 4.52. The smallest absolute Gasteiger partial charge is 0.408 e. The highest BCUT2D eigenvalue weighted by atomic mass is 16.6. The van der Waals surface area contributed by atoms with Crippen LogP contribution in [0, 0.1) is 0 Å². The van der Waals surface area contributed by atoms with Gasteiger partial charge in [-0.1, -0.05) is 0 Å². The molecule has 3 N–H and O–H groups in total. The molecule has 1 aromatic heterocycles. The van der Waals surface area contributed by atoms with Crippen molar-refractivity contribution in [3.8, 4) is 0 Å². The van der Waals surface area contributed by atoms with Crippen molar-refractivity contribution in [1.29, 1.82) is 0 Å². The second-order valence-corrected chi connectivity index (χ2v) is 4.88. The Morgan fingerprint density at radius 2 is 2.17 bits per heavy atom. The molecule has 0 saturated heterocycles. The molecule has 100 valence electrons. The lowest BCUT2D eigenvalue weighted by atomic mass is 10.1. The third-order valence-electron chi connectivity index (χ3n) is 1.98. The van der Waals surface area contributed by atoms with E-state index in [1.165, 1.54) is 6.26 Å². The number of ether oxygens (including phenoxy) is 1. The number of nitrogens with two attached hydrogens (primary N) is 1. The lowest BCUT2D eigenvalue weighted by molar-refractivity contribution is -0.118. The molecular weight excluding hydrogens is 236 g/mol. The van der Waals surface area contributed by atoms with Gasteiger partial charge >= 0.3 is 6.09 Å². The van der Waals surface area contributed by atoms with Crippen molar-refractivity contribution in [2.75, 3.05) is 0 Å². The van der Waals surface area contributed by atoms with E-state index in [4.69, 9.17) is 14.9 Å². The Morgan fingerprint density at radius 3 is 2.61 bits per heavy atom. The molecule has 2 amide bonds. The number of hydrogen-bond donors (Lipinski definition) is 2. The van der Waals surface area contributed by atoms with Gasteiger partial charge in [-0.05, 0) is 32.9 Å². The quantitative estimate of drug-likeness (QED) is 0.855. The number of nitrogens with one attached hydrogen (secondary N) is 1. The number of carbonyl (C=O) groups excluding carboxylic acids is 2. The van der Waals surface area contributed by atoms with Crippen molar-refractivity contribution in [3.63, 3.8) is 0 Å². The zero-order valence-electron chi connectivity index (χ0n) is 10.7. The molecule has 0 spiro atoms. The highest BCUT2D eigenvalue weighted by molar-refractivity contribution is 5.76. The van der Waals surface area contributed by atoms with Crippen molar-refractivity contribution in [2.45, 2.75) is 38.8 Å². The van der Waals surface area contributed by atoms with Crippen LogP contribution in [0.15, 0.2) is 22.8 Å². The minimum absolute atomic E-state index is 0.0489. The minimum Gasteiger partial charge on any atom is -0.467 e. The van der Waals surface area contributed by atoms with Gasteiger partial charge in [-0.2, -0.15) is 0 Å². The average Bonchev–Trinajstić information content (AvgIpc) is 2.64. The Labute approximate surface area is 105 Å². The lowest BCUT2D eigenvalue weighted by Gasteiger charge is -2.22. The first-order chi connectivity index (χ1) is 8.28. The minimum atomic E-state index is -0.620. The predicted octanol–water partition coefficient (Wildman–Crippen LogP) is 1.72. The number of alkyl carbamates (subject to hydrolysis) is 1. The van der Waals surface area contributed by atoms with Gasteiger partial charge in [0.2, 0.25) is 5.91 Å². The van der Waals surface area contributed by atoms with Crippen LogP contribution in [-0.2, 0) is 9.53 Å². The van der Waals surface area contributed by atoms with Crippen molar-refractivity contribution >= 4 is 12.0 Å². The second-order valence-electron chi connectivity index (χ2n) is 4.88. The van der Waals surface area contributed by atoms with E-state index in [1.54, 1.807) is 32.9 Å². The Hall–Kier alpha value is -1.98. The van der Waals surface area contributed by atoms with E-state index < -0.39 is 23.6 Å². The van der Waals surface area contributed by atoms with Gasteiger partial charge in [0.1, 0.15) is 11.4 Å². The normalized spacial score (nSPS) is 12.8. The highest BCUT2D eigenvalue weighted by Crippen LogP contribution is 2.18. The Balaban J connectivity index is 2.68. The zero-order valence-corrected chi connectivity index (χ0v) is 10.7. The molecule has 0 aliphatic carbocycles.